The topological polar surface area (TPSA) is 76.7 Å². The van der Waals surface area contributed by atoms with Crippen LogP contribution >= 0.6 is 39.3 Å². The molecular formula is C20H20BrClN2O4S. The van der Waals surface area contributed by atoms with Crippen molar-refractivity contribution in [1.29, 1.82) is 0 Å². The second-order valence-electron chi connectivity index (χ2n) is 6.25. The number of hydrogen-bond donors (Lipinski definition) is 2. The van der Waals surface area contributed by atoms with Gasteiger partial charge in [0.1, 0.15) is 13.2 Å². The summed E-state index contributed by atoms with van der Waals surface area (Å²) in [5.41, 5.74) is 1.67. The van der Waals surface area contributed by atoms with Crippen molar-refractivity contribution in [3.05, 3.63) is 51.5 Å². The number of halogens is 2. The first kappa shape index (κ1) is 21.8. The van der Waals surface area contributed by atoms with Crippen LogP contribution in [0.1, 0.15) is 5.56 Å². The van der Waals surface area contributed by atoms with Gasteiger partial charge in [-0.2, -0.15) is 0 Å². The molecule has 0 unspecified atom stereocenters. The van der Waals surface area contributed by atoms with Crippen molar-refractivity contribution in [1.82, 2.24) is 5.32 Å². The molecule has 2 N–H and O–H groups in total. The van der Waals surface area contributed by atoms with Gasteiger partial charge in [0, 0.05) is 16.7 Å². The van der Waals surface area contributed by atoms with Crippen LogP contribution in [0.4, 0.5) is 5.69 Å². The molecule has 1 heterocycles. The smallest absolute Gasteiger partial charge is 0.234 e. The third-order valence-electron chi connectivity index (χ3n) is 3.97. The quantitative estimate of drug-likeness (QED) is 0.576. The van der Waals surface area contributed by atoms with Gasteiger partial charge in [0.15, 0.2) is 11.5 Å². The van der Waals surface area contributed by atoms with E-state index in [1.165, 1.54) is 11.8 Å². The molecule has 9 heteroatoms. The molecule has 0 radical (unpaired) electrons. The Morgan fingerprint density at radius 3 is 2.72 bits per heavy atom. The Bertz CT molecular complexity index is 897. The number of carbonyl (C=O) groups is 2. The van der Waals surface area contributed by atoms with Crippen LogP contribution in [0.25, 0.3) is 0 Å². The van der Waals surface area contributed by atoms with Crippen LogP contribution in [0, 0.1) is 0 Å². The first-order valence-electron chi connectivity index (χ1n) is 8.99. The fourth-order valence-electron chi connectivity index (χ4n) is 2.71. The summed E-state index contributed by atoms with van der Waals surface area (Å²) in [5.74, 6) is 1.37. The van der Waals surface area contributed by atoms with E-state index in [1.54, 1.807) is 0 Å². The molecule has 1 aliphatic rings. The van der Waals surface area contributed by atoms with Crippen LogP contribution in [-0.4, -0.2) is 43.1 Å². The zero-order chi connectivity index (χ0) is 20.6. The number of fused-ring (bicyclic) bond motifs is 1. The van der Waals surface area contributed by atoms with Gasteiger partial charge in [0.05, 0.1) is 16.5 Å². The maximum Gasteiger partial charge on any atom is 0.234 e. The summed E-state index contributed by atoms with van der Waals surface area (Å²) in [6.45, 7) is 1.45. The molecule has 0 spiro atoms. The van der Waals surface area contributed by atoms with Gasteiger partial charge in [-0.15, -0.1) is 11.8 Å². The molecule has 0 aliphatic carbocycles. The van der Waals surface area contributed by atoms with E-state index in [1.807, 2.05) is 36.4 Å². The summed E-state index contributed by atoms with van der Waals surface area (Å²) < 4.78 is 11.9. The van der Waals surface area contributed by atoms with Crippen molar-refractivity contribution in [2.24, 2.45) is 0 Å². The van der Waals surface area contributed by atoms with Crippen LogP contribution in [0.2, 0.25) is 5.02 Å². The second-order valence-corrected chi connectivity index (χ2v) is 8.56. The number of hydrogen-bond acceptors (Lipinski definition) is 5. The second kappa shape index (κ2) is 10.8. The molecule has 2 aromatic rings. The first-order valence-corrected chi connectivity index (χ1v) is 11.3. The Balaban J connectivity index is 1.35. The highest BCUT2D eigenvalue weighted by molar-refractivity contribution is 9.10. The molecule has 0 aromatic heterocycles. The minimum absolute atomic E-state index is 0.117. The fraction of sp³-hybridized carbons (Fsp3) is 0.300. The van der Waals surface area contributed by atoms with Gasteiger partial charge >= 0.3 is 0 Å². The van der Waals surface area contributed by atoms with Crippen LogP contribution in [0.5, 0.6) is 11.5 Å². The van der Waals surface area contributed by atoms with Crippen LogP contribution in [0.3, 0.4) is 0 Å². The highest BCUT2D eigenvalue weighted by atomic mass is 79.9. The van der Waals surface area contributed by atoms with Crippen molar-refractivity contribution in [3.8, 4) is 11.5 Å². The lowest BCUT2D eigenvalue weighted by Crippen LogP contribution is -2.28. The van der Waals surface area contributed by atoms with E-state index < -0.39 is 0 Å². The van der Waals surface area contributed by atoms with E-state index in [-0.39, 0.29) is 23.3 Å². The molecule has 6 nitrogen and oxygen atoms in total. The zero-order valence-corrected chi connectivity index (χ0v) is 18.7. The summed E-state index contributed by atoms with van der Waals surface area (Å²) in [4.78, 5) is 23.9. The van der Waals surface area contributed by atoms with Crippen LogP contribution in [-0.2, 0) is 16.0 Å². The molecule has 154 valence electrons. The first-order chi connectivity index (χ1) is 14.0. The van der Waals surface area contributed by atoms with Gasteiger partial charge < -0.3 is 20.1 Å². The molecule has 0 bridgehead atoms. The average Bonchev–Trinajstić information content (AvgIpc) is 2.68. The molecule has 3 rings (SSSR count). The Morgan fingerprint density at radius 1 is 1.10 bits per heavy atom. The number of carbonyl (C=O) groups excluding carboxylic acids is 2. The van der Waals surface area contributed by atoms with Crippen LogP contribution < -0.4 is 20.1 Å². The minimum Gasteiger partial charge on any atom is -0.486 e. The molecule has 1 aliphatic heterocycles. The van der Waals surface area contributed by atoms with Gasteiger partial charge in [-0.25, -0.2) is 0 Å². The van der Waals surface area contributed by atoms with Crippen LogP contribution in [0.15, 0.2) is 40.9 Å². The zero-order valence-electron chi connectivity index (χ0n) is 15.5. The lowest BCUT2D eigenvalue weighted by molar-refractivity contribution is -0.118. The van der Waals surface area contributed by atoms with Gasteiger partial charge in [0.2, 0.25) is 11.8 Å². The number of anilines is 1. The Labute approximate surface area is 186 Å². The Kier molecular flexibility index (Phi) is 8.09. The Morgan fingerprint density at radius 2 is 1.90 bits per heavy atom. The number of rotatable bonds is 8. The SMILES string of the molecule is O=C(CSCC(=O)Nc1cccc(Br)c1)NCCc1cc(Cl)c2c(c1)OCCO2. The van der Waals surface area contributed by atoms with E-state index >= 15 is 0 Å². The number of ether oxygens (including phenoxy) is 2. The average molecular weight is 500 g/mol. The van der Waals surface area contributed by atoms with Crippen molar-refractivity contribution < 1.29 is 19.1 Å². The summed E-state index contributed by atoms with van der Waals surface area (Å²) in [7, 11) is 0. The molecule has 2 amide bonds. The van der Waals surface area contributed by atoms with Crippen molar-refractivity contribution in [2.45, 2.75) is 6.42 Å². The minimum atomic E-state index is -0.146. The molecule has 0 atom stereocenters. The molecule has 29 heavy (non-hydrogen) atoms. The van der Waals surface area contributed by atoms with Gasteiger partial charge in [0.25, 0.3) is 0 Å². The van der Waals surface area contributed by atoms with Crippen molar-refractivity contribution in [3.63, 3.8) is 0 Å². The predicted octanol–water partition coefficient (Wildman–Crippen LogP) is 3.90. The lowest BCUT2D eigenvalue weighted by Gasteiger charge is -2.20. The molecule has 0 saturated carbocycles. The maximum atomic E-state index is 12.0. The van der Waals surface area contributed by atoms with E-state index in [4.69, 9.17) is 21.1 Å². The predicted molar refractivity (Wildman–Crippen MR) is 119 cm³/mol. The Hall–Kier alpha value is -1.90. The number of nitrogens with one attached hydrogen (secondary N) is 2. The third kappa shape index (κ3) is 6.83. The van der Waals surface area contributed by atoms with Gasteiger partial charge in [-0.3, -0.25) is 9.59 Å². The summed E-state index contributed by atoms with van der Waals surface area (Å²) in [6.07, 6.45) is 0.621. The lowest BCUT2D eigenvalue weighted by atomic mass is 10.1. The maximum absolute atomic E-state index is 12.0. The van der Waals surface area contributed by atoms with E-state index in [9.17, 15) is 9.59 Å². The standard InChI is InChI=1S/C20H20BrClN2O4S/c21-14-2-1-3-15(10-14)24-19(26)12-29-11-18(25)23-5-4-13-8-16(22)20-17(9-13)27-6-7-28-20/h1-3,8-10H,4-7,11-12H2,(H,23,25)(H,24,26). The highest BCUT2D eigenvalue weighted by Gasteiger charge is 2.16. The summed E-state index contributed by atoms with van der Waals surface area (Å²) in [5, 5.41) is 6.15. The van der Waals surface area contributed by atoms with Crippen molar-refractivity contribution in [2.75, 3.05) is 36.6 Å². The summed E-state index contributed by atoms with van der Waals surface area (Å²) in [6, 6.07) is 11.1. The largest absolute Gasteiger partial charge is 0.486 e. The van der Waals surface area contributed by atoms with E-state index in [2.05, 4.69) is 26.6 Å². The number of thioether (sulfide) groups is 1. The van der Waals surface area contributed by atoms with Gasteiger partial charge in [-0.1, -0.05) is 33.6 Å². The fourth-order valence-corrected chi connectivity index (χ4v) is 4.04. The monoisotopic (exact) mass is 498 g/mol. The summed E-state index contributed by atoms with van der Waals surface area (Å²) >= 11 is 10.8. The third-order valence-corrected chi connectivity index (χ3v) is 5.67. The number of benzene rings is 2. The van der Waals surface area contributed by atoms with Gasteiger partial charge in [-0.05, 0) is 42.3 Å². The molecule has 0 fully saturated rings. The van der Waals surface area contributed by atoms with E-state index in [0.29, 0.717) is 48.4 Å². The normalized spacial score (nSPS) is 12.3. The molecule has 2 aromatic carbocycles. The van der Waals surface area contributed by atoms with E-state index in [0.717, 1.165) is 10.0 Å². The molecular weight excluding hydrogens is 480 g/mol. The van der Waals surface area contributed by atoms with Crippen molar-refractivity contribution >= 4 is 56.8 Å². The highest BCUT2D eigenvalue weighted by Crippen LogP contribution is 2.38. The molecule has 0 saturated heterocycles. The number of amides is 2.